The van der Waals surface area contributed by atoms with Crippen molar-refractivity contribution in [2.75, 3.05) is 13.7 Å². The van der Waals surface area contributed by atoms with Crippen LogP contribution in [-0.4, -0.2) is 31.9 Å². The first-order valence-corrected chi connectivity index (χ1v) is 5.61. The topological polar surface area (TPSA) is 46.6 Å². The molecule has 0 N–H and O–H groups in total. The van der Waals surface area contributed by atoms with E-state index in [2.05, 4.69) is 0 Å². The Kier molecular flexibility index (Phi) is 2.26. The molecular weight excluding hydrogens is 190 g/mol. The van der Waals surface area contributed by atoms with E-state index in [-0.39, 0.29) is 12.0 Å². The Labute approximate surface area is 80.1 Å². The number of hydrogen-bond donors (Lipinski definition) is 0. The standard InChI is InChI=1S/C8H17NO3S/c1-7(2,3)8(4)6-12-13(10,11)9(8)5/h6H2,1-5H3/t8-/m0/s1. The summed E-state index contributed by atoms with van der Waals surface area (Å²) in [5.74, 6) is 0. The van der Waals surface area contributed by atoms with Crippen LogP contribution in [0.25, 0.3) is 0 Å². The van der Waals surface area contributed by atoms with E-state index < -0.39 is 15.8 Å². The summed E-state index contributed by atoms with van der Waals surface area (Å²) in [6.07, 6.45) is 0. The second-order valence-corrected chi connectivity index (χ2v) is 6.35. The minimum absolute atomic E-state index is 0.134. The fourth-order valence-electron chi connectivity index (χ4n) is 1.29. The lowest BCUT2D eigenvalue weighted by Gasteiger charge is -2.40. The number of hydrogen-bond acceptors (Lipinski definition) is 3. The average Bonchev–Trinajstić information content (AvgIpc) is 2.14. The Hall–Kier alpha value is -0.130. The van der Waals surface area contributed by atoms with E-state index in [1.807, 2.05) is 27.7 Å². The third kappa shape index (κ3) is 1.49. The smallest absolute Gasteiger partial charge is 0.256 e. The molecule has 13 heavy (non-hydrogen) atoms. The monoisotopic (exact) mass is 207 g/mol. The van der Waals surface area contributed by atoms with Crippen molar-refractivity contribution in [3.63, 3.8) is 0 Å². The molecule has 0 radical (unpaired) electrons. The Morgan fingerprint density at radius 2 is 1.85 bits per heavy atom. The Morgan fingerprint density at radius 3 is 2.00 bits per heavy atom. The molecule has 0 aromatic carbocycles. The Balaban J connectivity index is 3.12. The van der Waals surface area contributed by atoms with E-state index in [0.29, 0.717) is 0 Å². The van der Waals surface area contributed by atoms with E-state index in [4.69, 9.17) is 4.18 Å². The van der Waals surface area contributed by atoms with Crippen LogP contribution >= 0.6 is 0 Å². The highest BCUT2D eigenvalue weighted by Crippen LogP contribution is 2.40. The van der Waals surface area contributed by atoms with E-state index in [0.717, 1.165) is 0 Å². The summed E-state index contributed by atoms with van der Waals surface area (Å²) < 4.78 is 28.8. The first kappa shape index (κ1) is 10.9. The fraction of sp³-hybridized carbons (Fsp3) is 1.00. The zero-order valence-corrected chi connectivity index (χ0v) is 9.60. The summed E-state index contributed by atoms with van der Waals surface area (Å²) in [7, 11) is -1.92. The lowest BCUT2D eigenvalue weighted by Crippen LogP contribution is -2.52. The van der Waals surface area contributed by atoms with E-state index in [1.54, 1.807) is 7.05 Å². The molecule has 1 heterocycles. The van der Waals surface area contributed by atoms with Gasteiger partial charge in [0.1, 0.15) is 0 Å². The van der Waals surface area contributed by atoms with Crippen LogP contribution in [0.15, 0.2) is 0 Å². The van der Waals surface area contributed by atoms with Crippen molar-refractivity contribution in [3.8, 4) is 0 Å². The van der Waals surface area contributed by atoms with Crippen LogP contribution in [0.1, 0.15) is 27.7 Å². The maximum atomic E-state index is 11.3. The maximum absolute atomic E-state index is 11.3. The van der Waals surface area contributed by atoms with Gasteiger partial charge >= 0.3 is 10.3 Å². The molecule has 1 atom stereocenters. The molecule has 4 nitrogen and oxygen atoms in total. The molecule has 1 fully saturated rings. The van der Waals surface area contributed by atoms with E-state index in [1.165, 1.54) is 4.31 Å². The van der Waals surface area contributed by atoms with Crippen molar-refractivity contribution in [1.82, 2.24) is 4.31 Å². The van der Waals surface area contributed by atoms with Crippen molar-refractivity contribution in [3.05, 3.63) is 0 Å². The molecule has 1 rings (SSSR count). The molecule has 1 aliphatic rings. The quantitative estimate of drug-likeness (QED) is 0.595. The first-order valence-electron chi connectivity index (χ1n) is 4.25. The highest BCUT2D eigenvalue weighted by atomic mass is 32.2. The second kappa shape index (κ2) is 2.68. The van der Waals surface area contributed by atoms with Gasteiger partial charge in [-0.15, -0.1) is 0 Å². The lowest BCUT2D eigenvalue weighted by atomic mass is 9.75. The molecule has 0 unspecified atom stereocenters. The summed E-state index contributed by atoms with van der Waals surface area (Å²) in [6.45, 7) is 8.15. The van der Waals surface area contributed by atoms with Gasteiger partial charge < -0.3 is 0 Å². The largest absolute Gasteiger partial charge is 0.338 e. The average molecular weight is 207 g/mol. The van der Waals surface area contributed by atoms with Gasteiger partial charge in [0.15, 0.2) is 0 Å². The van der Waals surface area contributed by atoms with Crippen LogP contribution in [0.4, 0.5) is 0 Å². The third-order valence-corrected chi connectivity index (χ3v) is 4.62. The van der Waals surface area contributed by atoms with Crippen LogP contribution in [0.2, 0.25) is 0 Å². The van der Waals surface area contributed by atoms with Crippen LogP contribution < -0.4 is 0 Å². The Morgan fingerprint density at radius 1 is 1.38 bits per heavy atom. The summed E-state index contributed by atoms with van der Waals surface area (Å²) in [5.41, 5.74) is -0.586. The number of nitrogens with zero attached hydrogens (tertiary/aromatic N) is 1. The van der Waals surface area contributed by atoms with Crippen molar-refractivity contribution in [1.29, 1.82) is 0 Å². The summed E-state index contributed by atoms with van der Waals surface area (Å²) in [5, 5.41) is 0. The number of rotatable bonds is 0. The fourth-order valence-corrected chi connectivity index (χ4v) is 2.65. The molecule has 0 bridgehead atoms. The lowest BCUT2D eigenvalue weighted by molar-refractivity contribution is 0.0864. The molecule has 0 aromatic heterocycles. The molecule has 0 aliphatic carbocycles. The van der Waals surface area contributed by atoms with Crippen LogP contribution in [0, 0.1) is 5.41 Å². The van der Waals surface area contributed by atoms with Crippen molar-refractivity contribution >= 4 is 10.3 Å². The highest BCUT2D eigenvalue weighted by molar-refractivity contribution is 7.84. The minimum atomic E-state index is -3.48. The molecule has 0 aromatic rings. The van der Waals surface area contributed by atoms with Gasteiger partial charge in [0.2, 0.25) is 0 Å². The van der Waals surface area contributed by atoms with E-state index in [9.17, 15) is 8.42 Å². The molecule has 1 aliphatic heterocycles. The predicted octanol–water partition coefficient (Wildman–Crippen LogP) is 0.998. The molecule has 0 saturated carbocycles. The van der Waals surface area contributed by atoms with Gasteiger partial charge in [0.05, 0.1) is 12.1 Å². The molecule has 0 spiro atoms. The molecule has 78 valence electrons. The van der Waals surface area contributed by atoms with Crippen molar-refractivity contribution in [2.45, 2.75) is 33.2 Å². The van der Waals surface area contributed by atoms with Gasteiger partial charge in [0, 0.05) is 7.05 Å². The van der Waals surface area contributed by atoms with Crippen molar-refractivity contribution in [2.24, 2.45) is 5.41 Å². The zero-order chi connectivity index (χ0) is 10.5. The van der Waals surface area contributed by atoms with Gasteiger partial charge in [-0.05, 0) is 12.3 Å². The van der Waals surface area contributed by atoms with Crippen LogP contribution in [0.5, 0.6) is 0 Å². The third-order valence-electron chi connectivity index (χ3n) is 3.14. The van der Waals surface area contributed by atoms with Gasteiger partial charge in [-0.3, -0.25) is 4.18 Å². The SMILES string of the molecule is CN1[C@](C)(C(C)(C)C)COS1(=O)=O. The Bertz CT molecular complexity index is 304. The van der Waals surface area contributed by atoms with Gasteiger partial charge in [0.25, 0.3) is 0 Å². The molecular formula is C8H17NO3S. The molecule has 0 amide bonds. The number of likely N-dealkylation sites (N-methyl/N-ethyl adjacent to an activating group) is 1. The zero-order valence-electron chi connectivity index (χ0n) is 8.79. The second-order valence-electron chi connectivity index (χ2n) is 4.71. The molecule has 5 heteroatoms. The maximum Gasteiger partial charge on any atom is 0.338 e. The van der Waals surface area contributed by atoms with Crippen molar-refractivity contribution < 1.29 is 12.6 Å². The highest BCUT2D eigenvalue weighted by Gasteiger charge is 2.52. The summed E-state index contributed by atoms with van der Waals surface area (Å²) >= 11 is 0. The summed E-state index contributed by atoms with van der Waals surface area (Å²) in [4.78, 5) is 0. The molecule has 1 saturated heterocycles. The minimum Gasteiger partial charge on any atom is -0.256 e. The summed E-state index contributed by atoms with van der Waals surface area (Å²) in [6, 6.07) is 0. The predicted molar refractivity (Wildman–Crippen MR) is 50.5 cm³/mol. The van der Waals surface area contributed by atoms with Gasteiger partial charge in [-0.2, -0.15) is 12.7 Å². The van der Waals surface area contributed by atoms with Crippen LogP contribution in [0.3, 0.4) is 0 Å². The normalized spacial score (nSPS) is 35.2. The first-order chi connectivity index (χ1) is 5.61. The van der Waals surface area contributed by atoms with E-state index >= 15 is 0 Å². The van der Waals surface area contributed by atoms with Gasteiger partial charge in [-0.1, -0.05) is 20.8 Å². The van der Waals surface area contributed by atoms with Crippen LogP contribution in [-0.2, 0) is 14.5 Å². The van der Waals surface area contributed by atoms with Gasteiger partial charge in [-0.25, -0.2) is 0 Å².